The maximum Gasteiger partial charge on any atom is 0.175 e. The van der Waals surface area contributed by atoms with Crippen LogP contribution in [0.4, 0.5) is 5.69 Å². The summed E-state index contributed by atoms with van der Waals surface area (Å²) in [5.74, 6) is 0.425. The zero-order chi connectivity index (χ0) is 10.1. The molecule has 2 rings (SSSR count). The van der Waals surface area contributed by atoms with Gasteiger partial charge in [-0.25, -0.2) is 0 Å². The quantitative estimate of drug-likeness (QED) is 0.411. The topological polar surface area (TPSA) is 71.8 Å². The van der Waals surface area contributed by atoms with Gasteiger partial charge in [0.15, 0.2) is 5.76 Å². The fraction of sp³-hybridized carbons (Fsp3) is 0.100. The molecule has 0 bridgehead atoms. The zero-order valence-corrected chi connectivity index (χ0v) is 7.69. The first-order chi connectivity index (χ1) is 6.74. The molecule has 0 saturated carbocycles. The lowest BCUT2D eigenvalue weighted by atomic mass is 10.2. The van der Waals surface area contributed by atoms with Gasteiger partial charge in [-0.2, -0.15) is 0 Å². The van der Waals surface area contributed by atoms with Crippen molar-refractivity contribution in [3.05, 3.63) is 30.0 Å². The van der Waals surface area contributed by atoms with E-state index in [0.29, 0.717) is 22.7 Å². The van der Waals surface area contributed by atoms with E-state index in [9.17, 15) is 0 Å². The molecule has 0 saturated heterocycles. The van der Waals surface area contributed by atoms with E-state index in [1.807, 2.05) is 24.3 Å². The van der Waals surface area contributed by atoms with Crippen LogP contribution in [0.3, 0.4) is 0 Å². The molecule has 2 aromatic rings. The first-order valence-corrected chi connectivity index (χ1v) is 4.20. The third-order valence-corrected chi connectivity index (χ3v) is 2.11. The number of oxime groups is 1. The Morgan fingerprint density at radius 1 is 1.43 bits per heavy atom. The molecule has 0 fully saturated rings. The molecule has 0 amide bonds. The Morgan fingerprint density at radius 2 is 2.14 bits per heavy atom. The van der Waals surface area contributed by atoms with Gasteiger partial charge in [0.05, 0.1) is 5.69 Å². The van der Waals surface area contributed by atoms with Gasteiger partial charge >= 0.3 is 0 Å². The van der Waals surface area contributed by atoms with Crippen LogP contribution < -0.4 is 5.73 Å². The van der Waals surface area contributed by atoms with E-state index in [2.05, 4.69) is 5.16 Å². The van der Waals surface area contributed by atoms with Gasteiger partial charge in [-0.15, -0.1) is 0 Å². The average Bonchev–Trinajstić information content (AvgIpc) is 2.56. The molecule has 3 N–H and O–H groups in total. The first kappa shape index (κ1) is 8.62. The summed E-state index contributed by atoms with van der Waals surface area (Å²) in [5, 5.41) is 12.5. The molecule has 0 radical (unpaired) electrons. The van der Waals surface area contributed by atoms with Gasteiger partial charge < -0.3 is 15.4 Å². The van der Waals surface area contributed by atoms with E-state index < -0.39 is 0 Å². The van der Waals surface area contributed by atoms with Crippen molar-refractivity contribution in [3.63, 3.8) is 0 Å². The van der Waals surface area contributed by atoms with Crippen LogP contribution in [0.2, 0.25) is 0 Å². The molecule has 14 heavy (non-hydrogen) atoms. The number of hydrogen-bond donors (Lipinski definition) is 2. The number of rotatable bonds is 1. The van der Waals surface area contributed by atoms with Crippen molar-refractivity contribution in [1.82, 2.24) is 0 Å². The second-order valence-electron chi connectivity index (χ2n) is 3.03. The molecule has 1 aromatic heterocycles. The fourth-order valence-corrected chi connectivity index (χ4v) is 1.38. The molecule has 0 aliphatic rings. The van der Waals surface area contributed by atoms with Crippen molar-refractivity contribution in [2.24, 2.45) is 5.16 Å². The van der Waals surface area contributed by atoms with Crippen LogP contribution >= 0.6 is 0 Å². The molecule has 0 spiro atoms. The summed E-state index contributed by atoms with van der Waals surface area (Å²) in [4.78, 5) is 0. The maximum absolute atomic E-state index is 8.61. The molecular formula is C10H10N2O2. The van der Waals surface area contributed by atoms with Gasteiger partial charge in [-0.05, 0) is 19.1 Å². The fourth-order valence-electron chi connectivity index (χ4n) is 1.38. The van der Waals surface area contributed by atoms with Crippen LogP contribution in [-0.2, 0) is 0 Å². The predicted octanol–water partition coefficient (Wildman–Crippen LogP) is 2.21. The van der Waals surface area contributed by atoms with E-state index in [4.69, 9.17) is 15.4 Å². The largest absolute Gasteiger partial charge is 0.452 e. The van der Waals surface area contributed by atoms with Crippen LogP contribution in [0.5, 0.6) is 0 Å². The number of hydrogen-bond acceptors (Lipinski definition) is 4. The van der Waals surface area contributed by atoms with Gasteiger partial charge in [0.1, 0.15) is 11.3 Å². The van der Waals surface area contributed by atoms with Crippen LogP contribution in [0.15, 0.2) is 33.8 Å². The second kappa shape index (κ2) is 3.06. The molecule has 1 aromatic carbocycles. The van der Waals surface area contributed by atoms with Gasteiger partial charge in [0.25, 0.3) is 0 Å². The summed E-state index contributed by atoms with van der Waals surface area (Å²) >= 11 is 0. The lowest BCUT2D eigenvalue weighted by Crippen LogP contribution is -1.96. The van der Waals surface area contributed by atoms with Crippen molar-refractivity contribution in [1.29, 1.82) is 0 Å². The summed E-state index contributed by atoms with van der Waals surface area (Å²) in [6, 6.07) is 7.42. The van der Waals surface area contributed by atoms with Crippen molar-refractivity contribution >= 4 is 22.4 Å². The Hall–Kier alpha value is -1.97. The van der Waals surface area contributed by atoms with E-state index in [-0.39, 0.29) is 0 Å². The Kier molecular flexibility index (Phi) is 1.89. The number of nitrogens with two attached hydrogens (primary N) is 1. The van der Waals surface area contributed by atoms with Crippen molar-refractivity contribution in [2.45, 2.75) is 6.92 Å². The smallest absolute Gasteiger partial charge is 0.175 e. The molecular weight excluding hydrogens is 180 g/mol. The Balaban J connectivity index is 2.75. The van der Waals surface area contributed by atoms with E-state index >= 15 is 0 Å². The van der Waals surface area contributed by atoms with E-state index in [0.717, 1.165) is 5.39 Å². The third-order valence-electron chi connectivity index (χ3n) is 2.11. The SMILES string of the molecule is C/C(=N/O)c1oc2ccccc2c1N. The normalized spacial score (nSPS) is 12.2. The Bertz CT molecular complexity index is 500. The van der Waals surface area contributed by atoms with Gasteiger partial charge in [-0.3, -0.25) is 0 Å². The molecule has 0 unspecified atom stereocenters. The van der Waals surface area contributed by atoms with Gasteiger partial charge in [0, 0.05) is 5.39 Å². The minimum Gasteiger partial charge on any atom is -0.452 e. The van der Waals surface area contributed by atoms with Gasteiger partial charge in [0.2, 0.25) is 0 Å². The summed E-state index contributed by atoms with van der Waals surface area (Å²) < 4.78 is 5.44. The summed E-state index contributed by atoms with van der Waals surface area (Å²) in [5.41, 5.74) is 7.41. The average molecular weight is 190 g/mol. The number of para-hydroxylation sites is 1. The monoisotopic (exact) mass is 190 g/mol. The lowest BCUT2D eigenvalue weighted by molar-refractivity contribution is 0.318. The standard InChI is InChI=1S/C10H10N2O2/c1-6(12-13)10-9(11)7-4-2-3-5-8(7)14-10/h2-5,13H,11H2,1H3/b12-6-. The Morgan fingerprint density at radius 3 is 2.79 bits per heavy atom. The van der Waals surface area contributed by atoms with Crippen LogP contribution in [0, 0.1) is 0 Å². The number of nitrogens with zero attached hydrogens (tertiary/aromatic N) is 1. The zero-order valence-electron chi connectivity index (χ0n) is 7.69. The van der Waals surface area contributed by atoms with Crippen LogP contribution in [0.1, 0.15) is 12.7 Å². The van der Waals surface area contributed by atoms with Crippen molar-refractivity contribution < 1.29 is 9.62 Å². The highest BCUT2D eigenvalue weighted by Crippen LogP contribution is 2.28. The highest BCUT2D eigenvalue weighted by atomic mass is 16.4. The maximum atomic E-state index is 8.61. The summed E-state index contributed by atoms with van der Waals surface area (Å²) in [6.07, 6.45) is 0. The molecule has 4 nitrogen and oxygen atoms in total. The van der Waals surface area contributed by atoms with Crippen LogP contribution in [0.25, 0.3) is 11.0 Å². The number of anilines is 1. The highest BCUT2D eigenvalue weighted by Gasteiger charge is 2.13. The van der Waals surface area contributed by atoms with Gasteiger partial charge in [-0.1, -0.05) is 17.3 Å². The Labute approximate surface area is 80.6 Å². The van der Waals surface area contributed by atoms with E-state index in [1.165, 1.54) is 0 Å². The minimum absolute atomic E-state index is 0.374. The predicted molar refractivity (Wildman–Crippen MR) is 54.6 cm³/mol. The molecule has 4 heteroatoms. The molecule has 0 aliphatic carbocycles. The molecule has 1 heterocycles. The molecule has 0 atom stereocenters. The van der Waals surface area contributed by atoms with Crippen LogP contribution in [-0.4, -0.2) is 10.9 Å². The first-order valence-electron chi connectivity index (χ1n) is 4.20. The number of fused-ring (bicyclic) bond motifs is 1. The number of nitrogen functional groups attached to an aromatic ring is 1. The number of benzene rings is 1. The molecule has 72 valence electrons. The summed E-state index contributed by atoms with van der Waals surface area (Å²) in [7, 11) is 0. The number of furan rings is 1. The summed E-state index contributed by atoms with van der Waals surface area (Å²) in [6.45, 7) is 1.63. The second-order valence-corrected chi connectivity index (χ2v) is 3.03. The third kappa shape index (κ3) is 1.12. The molecule has 0 aliphatic heterocycles. The lowest BCUT2D eigenvalue weighted by Gasteiger charge is -1.92. The minimum atomic E-state index is 0.374. The van der Waals surface area contributed by atoms with Crippen molar-refractivity contribution in [2.75, 3.05) is 5.73 Å². The van der Waals surface area contributed by atoms with E-state index in [1.54, 1.807) is 6.92 Å². The highest BCUT2D eigenvalue weighted by molar-refractivity contribution is 6.07. The van der Waals surface area contributed by atoms with Crippen molar-refractivity contribution in [3.8, 4) is 0 Å².